The molecular formula is C20H38N2. The Morgan fingerprint density at radius 3 is 2.18 bits per heavy atom. The fourth-order valence-corrected chi connectivity index (χ4v) is 1.87. The van der Waals surface area contributed by atoms with Crippen LogP contribution in [0.5, 0.6) is 0 Å². The van der Waals surface area contributed by atoms with Gasteiger partial charge in [0, 0.05) is 31.8 Å². The first-order valence-corrected chi connectivity index (χ1v) is 9.08. The van der Waals surface area contributed by atoms with Crippen molar-refractivity contribution in [2.45, 2.75) is 91.0 Å². The lowest BCUT2D eigenvalue weighted by atomic mass is 10.0. The molecular weight excluding hydrogens is 268 g/mol. The van der Waals surface area contributed by atoms with E-state index in [-0.39, 0.29) is 0 Å². The molecule has 0 spiro atoms. The molecule has 1 atom stereocenters. The SMILES string of the molecule is C#CCCCC(N)CCCC.CCC#CCCNCCCC. The lowest BCUT2D eigenvalue weighted by molar-refractivity contribution is 0.527. The largest absolute Gasteiger partial charge is 0.328 e. The van der Waals surface area contributed by atoms with Crippen LogP contribution in [0, 0.1) is 24.2 Å². The molecule has 0 aliphatic carbocycles. The summed E-state index contributed by atoms with van der Waals surface area (Å²) >= 11 is 0. The van der Waals surface area contributed by atoms with E-state index in [0.29, 0.717) is 6.04 Å². The molecule has 1 unspecified atom stereocenters. The van der Waals surface area contributed by atoms with E-state index in [4.69, 9.17) is 12.2 Å². The monoisotopic (exact) mass is 306 g/mol. The zero-order valence-corrected chi connectivity index (χ0v) is 15.2. The topological polar surface area (TPSA) is 38.0 Å². The summed E-state index contributed by atoms with van der Waals surface area (Å²) in [5, 5.41) is 3.34. The Balaban J connectivity index is 0. The van der Waals surface area contributed by atoms with Crippen LogP contribution >= 0.6 is 0 Å². The molecule has 0 rings (SSSR count). The van der Waals surface area contributed by atoms with Crippen LogP contribution in [0.25, 0.3) is 0 Å². The molecule has 0 heterocycles. The Hall–Kier alpha value is -0.960. The van der Waals surface area contributed by atoms with E-state index in [9.17, 15) is 0 Å². The third kappa shape index (κ3) is 24.1. The van der Waals surface area contributed by atoms with Gasteiger partial charge in [-0.15, -0.1) is 24.2 Å². The standard InChI is InChI=1S/2C10H19N/c1-3-5-7-8-10-11-9-6-4-2;1-3-5-7-9-10(11)8-6-4-2/h11H,3-4,6,8-10H2,1-2H3;1,10H,4-9,11H2,2H3. The Kier molecular flexibility index (Phi) is 23.7. The molecule has 0 aliphatic heterocycles. The lowest BCUT2D eigenvalue weighted by Crippen LogP contribution is -2.19. The minimum Gasteiger partial charge on any atom is -0.328 e. The van der Waals surface area contributed by atoms with Gasteiger partial charge in [0.05, 0.1) is 0 Å². The quantitative estimate of drug-likeness (QED) is 0.436. The van der Waals surface area contributed by atoms with E-state index >= 15 is 0 Å². The van der Waals surface area contributed by atoms with Crippen molar-refractivity contribution in [2.24, 2.45) is 5.73 Å². The summed E-state index contributed by atoms with van der Waals surface area (Å²) in [7, 11) is 0. The molecule has 22 heavy (non-hydrogen) atoms. The fourth-order valence-electron chi connectivity index (χ4n) is 1.87. The molecule has 3 N–H and O–H groups in total. The molecule has 2 nitrogen and oxygen atoms in total. The second-order valence-corrected chi connectivity index (χ2v) is 5.56. The first kappa shape index (κ1) is 23.3. The van der Waals surface area contributed by atoms with Crippen molar-refractivity contribution in [1.29, 1.82) is 0 Å². The molecule has 0 saturated carbocycles. The van der Waals surface area contributed by atoms with Crippen molar-refractivity contribution < 1.29 is 0 Å². The van der Waals surface area contributed by atoms with Gasteiger partial charge < -0.3 is 11.1 Å². The third-order valence-electron chi connectivity index (χ3n) is 3.26. The number of unbranched alkanes of at least 4 members (excludes halogenated alkanes) is 3. The van der Waals surface area contributed by atoms with E-state index in [1.165, 1.54) is 25.7 Å². The van der Waals surface area contributed by atoms with Gasteiger partial charge in [-0.2, -0.15) is 0 Å². The molecule has 2 heteroatoms. The Bertz CT molecular complexity index is 293. The summed E-state index contributed by atoms with van der Waals surface area (Å²) in [4.78, 5) is 0. The predicted octanol–water partition coefficient (Wildman–Crippen LogP) is 4.49. The van der Waals surface area contributed by atoms with Crippen molar-refractivity contribution in [3.05, 3.63) is 0 Å². The van der Waals surface area contributed by atoms with Gasteiger partial charge in [-0.1, -0.05) is 40.0 Å². The number of terminal acetylenes is 1. The Morgan fingerprint density at radius 2 is 1.59 bits per heavy atom. The number of nitrogens with one attached hydrogen (secondary N) is 1. The maximum absolute atomic E-state index is 5.83. The van der Waals surface area contributed by atoms with E-state index in [0.717, 1.165) is 51.6 Å². The highest BCUT2D eigenvalue weighted by atomic mass is 14.8. The van der Waals surface area contributed by atoms with E-state index in [2.05, 4.69) is 43.8 Å². The van der Waals surface area contributed by atoms with Crippen molar-refractivity contribution in [1.82, 2.24) is 5.32 Å². The smallest absolute Gasteiger partial charge is 0.0214 e. The summed E-state index contributed by atoms with van der Waals surface area (Å²) in [6.07, 6.45) is 16.3. The molecule has 0 aromatic rings. The number of hydrogen-bond acceptors (Lipinski definition) is 2. The number of rotatable bonds is 11. The second kappa shape index (κ2) is 22.3. The van der Waals surface area contributed by atoms with Gasteiger partial charge in [0.15, 0.2) is 0 Å². The van der Waals surface area contributed by atoms with Crippen molar-refractivity contribution in [2.75, 3.05) is 13.1 Å². The first-order chi connectivity index (χ1) is 10.7. The summed E-state index contributed by atoms with van der Waals surface area (Å²) < 4.78 is 0. The van der Waals surface area contributed by atoms with Gasteiger partial charge in [0.1, 0.15) is 0 Å². The molecule has 0 aromatic carbocycles. The second-order valence-electron chi connectivity index (χ2n) is 5.56. The molecule has 128 valence electrons. The molecule has 0 radical (unpaired) electrons. The number of nitrogens with two attached hydrogens (primary N) is 1. The van der Waals surface area contributed by atoms with Crippen LogP contribution in [-0.2, 0) is 0 Å². The molecule has 0 saturated heterocycles. The summed E-state index contributed by atoms with van der Waals surface area (Å²) in [6.45, 7) is 8.67. The van der Waals surface area contributed by atoms with E-state index < -0.39 is 0 Å². The van der Waals surface area contributed by atoms with Crippen LogP contribution in [0.2, 0.25) is 0 Å². The minimum absolute atomic E-state index is 0.378. The van der Waals surface area contributed by atoms with Crippen LogP contribution in [0.15, 0.2) is 0 Å². The normalized spacial score (nSPS) is 10.7. The van der Waals surface area contributed by atoms with Gasteiger partial charge in [-0.25, -0.2) is 0 Å². The van der Waals surface area contributed by atoms with Gasteiger partial charge in [-0.3, -0.25) is 0 Å². The summed E-state index contributed by atoms with van der Waals surface area (Å²) in [5.74, 6) is 8.77. The van der Waals surface area contributed by atoms with Crippen molar-refractivity contribution in [3.8, 4) is 24.2 Å². The number of hydrogen-bond donors (Lipinski definition) is 2. The molecule has 0 amide bonds. The predicted molar refractivity (Wildman–Crippen MR) is 101 cm³/mol. The fraction of sp³-hybridized carbons (Fsp3) is 0.800. The first-order valence-electron chi connectivity index (χ1n) is 9.08. The van der Waals surface area contributed by atoms with Crippen molar-refractivity contribution >= 4 is 0 Å². The highest BCUT2D eigenvalue weighted by molar-refractivity contribution is 4.97. The molecule has 0 aliphatic rings. The van der Waals surface area contributed by atoms with Crippen molar-refractivity contribution in [3.63, 3.8) is 0 Å². The van der Waals surface area contributed by atoms with Crippen LogP contribution < -0.4 is 11.1 Å². The van der Waals surface area contributed by atoms with Gasteiger partial charge in [-0.05, 0) is 32.2 Å². The van der Waals surface area contributed by atoms with Gasteiger partial charge in [0.25, 0.3) is 0 Å². The molecule has 0 bridgehead atoms. The van der Waals surface area contributed by atoms with Crippen LogP contribution in [0.3, 0.4) is 0 Å². The van der Waals surface area contributed by atoms with E-state index in [1.54, 1.807) is 0 Å². The zero-order chi connectivity index (χ0) is 16.9. The highest BCUT2D eigenvalue weighted by Gasteiger charge is 1.99. The minimum atomic E-state index is 0.378. The van der Waals surface area contributed by atoms with Crippen LogP contribution in [-0.4, -0.2) is 19.1 Å². The van der Waals surface area contributed by atoms with Gasteiger partial charge in [0.2, 0.25) is 0 Å². The Labute approximate surface area is 140 Å². The van der Waals surface area contributed by atoms with Crippen LogP contribution in [0.4, 0.5) is 0 Å². The Morgan fingerprint density at radius 1 is 0.909 bits per heavy atom. The maximum atomic E-state index is 5.83. The third-order valence-corrected chi connectivity index (χ3v) is 3.26. The lowest BCUT2D eigenvalue weighted by Gasteiger charge is -2.08. The zero-order valence-electron chi connectivity index (χ0n) is 15.2. The average molecular weight is 307 g/mol. The van der Waals surface area contributed by atoms with E-state index in [1.807, 2.05) is 0 Å². The molecule has 0 aromatic heterocycles. The van der Waals surface area contributed by atoms with Crippen LogP contribution in [0.1, 0.15) is 85.0 Å². The average Bonchev–Trinajstić information content (AvgIpc) is 2.53. The summed E-state index contributed by atoms with van der Waals surface area (Å²) in [5.41, 5.74) is 5.83. The van der Waals surface area contributed by atoms with Gasteiger partial charge >= 0.3 is 0 Å². The maximum Gasteiger partial charge on any atom is 0.0214 e. The molecule has 0 fully saturated rings. The highest BCUT2D eigenvalue weighted by Crippen LogP contribution is 2.05. The summed E-state index contributed by atoms with van der Waals surface area (Å²) in [6, 6.07) is 0.378.